The third-order valence-corrected chi connectivity index (χ3v) is 5.10. The molecule has 1 aliphatic rings. The third-order valence-electron chi connectivity index (χ3n) is 4.81. The lowest BCUT2D eigenvalue weighted by Gasteiger charge is -2.43. The van der Waals surface area contributed by atoms with Crippen LogP contribution in [0.4, 0.5) is 4.39 Å². The number of hydrogen-bond donors (Lipinski definition) is 0. The zero-order chi connectivity index (χ0) is 19.3. The van der Waals surface area contributed by atoms with Crippen LogP contribution in [0.2, 0.25) is 5.02 Å². The zero-order valence-electron chi connectivity index (χ0n) is 16.1. The van der Waals surface area contributed by atoms with Crippen LogP contribution < -0.4 is 0 Å². The van der Waals surface area contributed by atoms with Gasteiger partial charge in [-0.1, -0.05) is 23.7 Å². The predicted octanol–water partition coefficient (Wildman–Crippen LogP) is 4.61. The molecule has 1 saturated heterocycles. The van der Waals surface area contributed by atoms with Crippen molar-refractivity contribution in [3.8, 4) is 0 Å². The van der Waals surface area contributed by atoms with E-state index in [9.17, 15) is 9.18 Å². The van der Waals surface area contributed by atoms with Gasteiger partial charge in [0.1, 0.15) is 12.4 Å². The van der Waals surface area contributed by atoms with Crippen LogP contribution in [0.5, 0.6) is 0 Å². The van der Waals surface area contributed by atoms with Gasteiger partial charge in [0.2, 0.25) is 0 Å². The number of rotatable bonds is 6. The molecule has 1 unspecified atom stereocenters. The van der Waals surface area contributed by atoms with E-state index in [1.54, 1.807) is 19.1 Å². The predicted molar refractivity (Wildman–Crippen MR) is 101 cm³/mol. The summed E-state index contributed by atoms with van der Waals surface area (Å²) >= 11 is 5.98. The SMILES string of the molecule is CCOC(=O)CO[C@@H](c1cccc(Cl)c1F)C1CCCN(C(C)(C)C)C1. The molecule has 26 heavy (non-hydrogen) atoms. The van der Waals surface area contributed by atoms with Crippen LogP contribution in [0.25, 0.3) is 0 Å². The Morgan fingerprint density at radius 1 is 1.42 bits per heavy atom. The molecule has 4 nitrogen and oxygen atoms in total. The van der Waals surface area contributed by atoms with Crippen molar-refractivity contribution in [1.82, 2.24) is 4.90 Å². The van der Waals surface area contributed by atoms with Crippen molar-refractivity contribution in [1.29, 1.82) is 0 Å². The van der Waals surface area contributed by atoms with Crippen LogP contribution in [0.1, 0.15) is 52.2 Å². The monoisotopic (exact) mass is 385 g/mol. The van der Waals surface area contributed by atoms with E-state index in [1.165, 1.54) is 6.07 Å². The molecule has 0 N–H and O–H groups in total. The smallest absolute Gasteiger partial charge is 0.332 e. The van der Waals surface area contributed by atoms with Crippen molar-refractivity contribution in [2.24, 2.45) is 5.92 Å². The summed E-state index contributed by atoms with van der Waals surface area (Å²) in [7, 11) is 0. The number of hydrogen-bond acceptors (Lipinski definition) is 4. The fourth-order valence-electron chi connectivity index (χ4n) is 3.45. The fourth-order valence-corrected chi connectivity index (χ4v) is 3.63. The second-order valence-electron chi connectivity index (χ2n) is 7.70. The van der Waals surface area contributed by atoms with Crippen LogP contribution in [0.3, 0.4) is 0 Å². The average molecular weight is 386 g/mol. The molecule has 2 rings (SSSR count). The van der Waals surface area contributed by atoms with Crippen LogP contribution in [0, 0.1) is 11.7 Å². The number of likely N-dealkylation sites (tertiary alicyclic amines) is 1. The van der Waals surface area contributed by atoms with Gasteiger partial charge in [-0.15, -0.1) is 0 Å². The number of ether oxygens (including phenoxy) is 2. The topological polar surface area (TPSA) is 38.8 Å². The summed E-state index contributed by atoms with van der Waals surface area (Å²) in [5.74, 6) is -0.843. The minimum atomic E-state index is -0.539. The molecule has 0 saturated carbocycles. The van der Waals surface area contributed by atoms with Gasteiger partial charge in [0.25, 0.3) is 0 Å². The van der Waals surface area contributed by atoms with Gasteiger partial charge < -0.3 is 9.47 Å². The summed E-state index contributed by atoms with van der Waals surface area (Å²) in [6, 6.07) is 4.92. The Balaban J connectivity index is 2.25. The Bertz CT molecular complexity index is 618. The number of carbonyl (C=O) groups is 1. The molecule has 146 valence electrons. The van der Waals surface area contributed by atoms with Gasteiger partial charge in [-0.3, -0.25) is 4.90 Å². The first-order chi connectivity index (χ1) is 12.2. The Morgan fingerprint density at radius 3 is 2.81 bits per heavy atom. The normalized spacial score (nSPS) is 20.0. The van der Waals surface area contributed by atoms with Gasteiger partial charge in [-0.2, -0.15) is 0 Å². The Morgan fingerprint density at radius 2 is 2.15 bits per heavy atom. The first-order valence-electron chi connectivity index (χ1n) is 9.20. The zero-order valence-corrected chi connectivity index (χ0v) is 16.8. The van der Waals surface area contributed by atoms with Crippen molar-refractivity contribution < 1.29 is 18.7 Å². The Hall–Kier alpha value is -1.17. The molecule has 6 heteroatoms. The molecule has 0 aromatic heterocycles. The van der Waals surface area contributed by atoms with Gasteiger partial charge in [0.15, 0.2) is 0 Å². The summed E-state index contributed by atoms with van der Waals surface area (Å²) in [6.45, 7) is 10.1. The molecule has 0 bridgehead atoms. The Labute approximate surface area is 160 Å². The second kappa shape index (κ2) is 9.16. The van der Waals surface area contributed by atoms with E-state index in [0.29, 0.717) is 12.2 Å². The summed E-state index contributed by atoms with van der Waals surface area (Å²) in [4.78, 5) is 14.1. The lowest BCUT2D eigenvalue weighted by Crippen LogP contribution is -2.48. The van der Waals surface area contributed by atoms with Gasteiger partial charge in [-0.25, -0.2) is 9.18 Å². The molecule has 1 fully saturated rings. The molecule has 1 aliphatic heterocycles. The van der Waals surface area contributed by atoms with Crippen LogP contribution in [-0.4, -0.2) is 42.7 Å². The third kappa shape index (κ3) is 5.41. The molecule has 1 aromatic rings. The molecule has 0 aliphatic carbocycles. The van der Waals surface area contributed by atoms with Crippen molar-refractivity contribution in [2.75, 3.05) is 26.3 Å². The molecular formula is C20H29ClFNO3. The van der Waals surface area contributed by atoms with Crippen LogP contribution >= 0.6 is 11.6 Å². The highest BCUT2D eigenvalue weighted by Crippen LogP contribution is 2.37. The maximum atomic E-state index is 14.7. The van der Waals surface area contributed by atoms with E-state index in [0.717, 1.165) is 25.9 Å². The highest BCUT2D eigenvalue weighted by Gasteiger charge is 2.35. The number of nitrogens with zero attached hydrogens (tertiary/aromatic N) is 1. The molecule has 0 spiro atoms. The molecule has 0 amide bonds. The highest BCUT2D eigenvalue weighted by molar-refractivity contribution is 6.30. The number of piperidine rings is 1. The average Bonchev–Trinajstić information content (AvgIpc) is 2.58. The van der Waals surface area contributed by atoms with Crippen molar-refractivity contribution in [3.63, 3.8) is 0 Å². The van der Waals surface area contributed by atoms with Gasteiger partial charge in [0, 0.05) is 23.6 Å². The fraction of sp³-hybridized carbons (Fsp3) is 0.650. The quantitative estimate of drug-likeness (QED) is 0.670. The van der Waals surface area contributed by atoms with Crippen molar-refractivity contribution in [3.05, 3.63) is 34.6 Å². The molecule has 2 atom stereocenters. The summed E-state index contributed by atoms with van der Waals surface area (Å²) in [5, 5.41) is 0.0655. The summed E-state index contributed by atoms with van der Waals surface area (Å²) in [5.41, 5.74) is 0.430. The highest BCUT2D eigenvalue weighted by atomic mass is 35.5. The minimum absolute atomic E-state index is 0.0250. The minimum Gasteiger partial charge on any atom is -0.464 e. The largest absolute Gasteiger partial charge is 0.464 e. The van der Waals surface area contributed by atoms with E-state index >= 15 is 0 Å². The number of halogens is 2. The standard InChI is InChI=1S/C20H29ClFNO3/c1-5-25-17(24)13-26-19(15-9-6-10-16(21)18(15)22)14-8-7-11-23(12-14)20(2,3)4/h6,9-10,14,19H,5,7-8,11-13H2,1-4H3/t14?,19-/m1/s1. The van der Waals surface area contributed by atoms with Crippen LogP contribution in [0.15, 0.2) is 18.2 Å². The van der Waals surface area contributed by atoms with E-state index in [1.807, 2.05) is 0 Å². The molecular weight excluding hydrogens is 357 g/mol. The maximum Gasteiger partial charge on any atom is 0.332 e. The van der Waals surface area contributed by atoms with E-state index in [2.05, 4.69) is 25.7 Å². The first-order valence-corrected chi connectivity index (χ1v) is 9.58. The number of carbonyl (C=O) groups excluding carboxylic acids is 1. The van der Waals surface area contributed by atoms with Crippen molar-refractivity contribution in [2.45, 2.75) is 52.2 Å². The number of esters is 1. The van der Waals surface area contributed by atoms with Gasteiger partial charge in [-0.05, 0) is 53.1 Å². The molecule has 0 radical (unpaired) electrons. The van der Waals surface area contributed by atoms with Crippen LogP contribution in [-0.2, 0) is 14.3 Å². The Kier molecular flexibility index (Phi) is 7.44. The van der Waals surface area contributed by atoms with E-state index in [4.69, 9.17) is 21.1 Å². The summed E-state index contributed by atoms with van der Waals surface area (Å²) < 4.78 is 25.5. The maximum absolute atomic E-state index is 14.7. The summed E-state index contributed by atoms with van der Waals surface area (Å²) in [6.07, 6.45) is 1.37. The van der Waals surface area contributed by atoms with E-state index < -0.39 is 17.9 Å². The van der Waals surface area contributed by atoms with Gasteiger partial charge >= 0.3 is 5.97 Å². The first kappa shape index (κ1) is 21.1. The molecule has 1 aromatic carbocycles. The van der Waals surface area contributed by atoms with Crippen molar-refractivity contribution >= 4 is 17.6 Å². The molecule has 1 heterocycles. The van der Waals surface area contributed by atoms with E-state index in [-0.39, 0.29) is 23.1 Å². The lowest BCUT2D eigenvalue weighted by molar-refractivity contribution is -0.153. The second-order valence-corrected chi connectivity index (χ2v) is 8.11. The van der Waals surface area contributed by atoms with Gasteiger partial charge in [0.05, 0.1) is 17.7 Å². The number of benzene rings is 1. The lowest BCUT2D eigenvalue weighted by atomic mass is 9.86.